The predicted molar refractivity (Wildman–Crippen MR) is 35.6 cm³/mol. The average molecular weight is 207 g/mol. The van der Waals surface area contributed by atoms with Crippen LogP contribution >= 0.6 is 15.9 Å². The Labute approximate surface area is 64.0 Å². The van der Waals surface area contributed by atoms with Crippen molar-refractivity contribution in [1.82, 2.24) is 4.98 Å². The molecular formula is C4H3BrN2O3. The van der Waals surface area contributed by atoms with E-state index in [-0.39, 0.29) is 16.4 Å². The minimum absolute atomic E-state index is 0.0717. The topological polar surface area (TPSA) is 89.4 Å². The number of oxazole rings is 1. The Balaban J connectivity index is 3.15. The van der Waals surface area contributed by atoms with Gasteiger partial charge in [-0.3, -0.25) is 0 Å². The van der Waals surface area contributed by atoms with E-state index in [9.17, 15) is 4.79 Å². The van der Waals surface area contributed by atoms with E-state index in [0.29, 0.717) is 0 Å². The quantitative estimate of drug-likeness (QED) is 0.707. The zero-order chi connectivity index (χ0) is 7.72. The number of aromatic carboxylic acids is 1. The summed E-state index contributed by atoms with van der Waals surface area (Å²) in [6, 6.07) is 0. The maximum absolute atomic E-state index is 10.2. The molecule has 0 bridgehead atoms. The van der Waals surface area contributed by atoms with E-state index in [2.05, 4.69) is 25.3 Å². The molecule has 1 heterocycles. The van der Waals surface area contributed by atoms with Crippen LogP contribution in [0.2, 0.25) is 0 Å². The van der Waals surface area contributed by atoms with Crippen LogP contribution < -0.4 is 5.73 Å². The summed E-state index contributed by atoms with van der Waals surface area (Å²) in [5.74, 6) is -1.69. The molecule has 6 heteroatoms. The van der Waals surface area contributed by atoms with E-state index in [1.165, 1.54) is 0 Å². The van der Waals surface area contributed by atoms with Crippen LogP contribution in [-0.2, 0) is 0 Å². The molecule has 0 saturated heterocycles. The number of nitrogens with zero attached hydrogens (tertiary/aromatic N) is 1. The van der Waals surface area contributed by atoms with Crippen LogP contribution in [0.3, 0.4) is 0 Å². The fraction of sp³-hybridized carbons (Fsp3) is 0. The molecule has 0 aliphatic rings. The van der Waals surface area contributed by atoms with Crippen molar-refractivity contribution in [2.75, 3.05) is 5.73 Å². The van der Waals surface area contributed by atoms with Crippen molar-refractivity contribution in [2.24, 2.45) is 0 Å². The van der Waals surface area contributed by atoms with Gasteiger partial charge in [-0.2, -0.15) is 4.98 Å². The third-order valence-corrected chi connectivity index (χ3v) is 1.16. The maximum atomic E-state index is 10.2. The summed E-state index contributed by atoms with van der Waals surface area (Å²) in [7, 11) is 0. The number of aromatic nitrogens is 1. The van der Waals surface area contributed by atoms with Gasteiger partial charge in [0.1, 0.15) is 0 Å². The molecule has 0 radical (unpaired) electrons. The van der Waals surface area contributed by atoms with E-state index >= 15 is 0 Å². The highest BCUT2D eigenvalue weighted by Gasteiger charge is 2.14. The van der Waals surface area contributed by atoms with E-state index in [1.54, 1.807) is 0 Å². The molecule has 3 N–H and O–H groups in total. The molecule has 0 aliphatic carbocycles. The second-order valence-corrected chi connectivity index (χ2v) is 2.16. The van der Waals surface area contributed by atoms with Crippen LogP contribution in [0.25, 0.3) is 0 Å². The first-order chi connectivity index (χ1) is 4.61. The first kappa shape index (κ1) is 7.07. The van der Waals surface area contributed by atoms with Crippen molar-refractivity contribution in [3.05, 3.63) is 10.6 Å². The van der Waals surface area contributed by atoms with Gasteiger partial charge in [-0.15, -0.1) is 0 Å². The molecule has 54 valence electrons. The Hall–Kier alpha value is -1.04. The Morgan fingerprint density at radius 1 is 1.80 bits per heavy atom. The fourth-order valence-corrected chi connectivity index (χ4v) is 0.811. The summed E-state index contributed by atoms with van der Waals surface area (Å²) in [5, 5.41) is 8.34. The van der Waals surface area contributed by atoms with Crippen LogP contribution in [0.5, 0.6) is 0 Å². The van der Waals surface area contributed by atoms with Crippen molar-refractivity contribution >= 4 is 27.7 Å². The largest absolute Gasteiger partial charge is 0.475 e. The zero-order valence-corrected chi connectivity index (χ0v) is 6.25. The van der Waals surface area contributed by atoms with E-state index < -0.39 is 5.97 Å². The normalized spacial score (nSPS) is 9.70. The van der Waals surface area contributed by atoms with Gasteiger partial charge in [0, 0.05) is 15.9 Å². The van der Waals surface area contributed by atoms with Gasteiger partial charge in [0.2, 0.25) is 0 Å². The molecule has 0 fully saturated rings. The van der Waals surface area contributed by atoms with Crippen molar-refractivity contribution in [1.29, 1.82) is 0 Å². The van der Waals surface area contributed by atoms with Crippen molar-refractivity contribution < 1.29 is 14.3 Å². The van der Waals surface area contributed by atoms with Crippen LogP contribution in [0.15, 0.2) is 9.22 Å². The number of carboxylic acids is 1. The minimum Gasteiger partial charge on any atom is -0.475 e. The number of hydrogen-bond acceptors (Lipinski definition) is 4. The SMILES string of the molecule is Nc1nc(Br)oc1C(=O)O. The molecule has 0 amide bonds. The van der Waals surface area contributed by atoms with Crippen LogP contribution in [-0.4, -0.2) is 16.1 Å². The van der Waals surface area contributed by atoms with Gasteiger partial charge in [0.05, 0.1) is 0 Å². The van der Waals surface area contributed by atoms with Crippen LogP contribution in [0.1, 0.15) is 10.6 Å². The van der Waals surface area contributed by atoms with Crippen LogP contribution in [0.4, 0.5) is 5.82 Å². The van der Waals surface area contributed by atoms with Gasteiger partial charge in [-0.25, -0.2) is 4.79 Å². The fourth-order valence-electron chi connectivity index (χ4n) is 0.458. The smallest absolute Gasteiger partial charge is 0.375 e. The van der Waals surface area contributed by atoms with Gasteiger partial charge < -0.3 is 15.3 Å². The second kappa shape index (κ2) is 2.30. The summed E-state index contributed by atoms with van der Waals surface area (Å²) in [5.41, 5.74) is 5.13. The van der Waals surface area contributed by atoms with Crippen molar-refractivity contribution in [2.45, 2.75) is 0 Å². The maximum Gasteiger partial charge on any atom is 0.375 e. The van der Waals surface area contributed by atoms with Gasteiger partial charge in [0.15, 0.2) is 5.82 Å². The highest BCUT2D eigenvalue weighted by Crippen LogP contribution is 2.16. The Bertz CT molecular complexity index is 269. The monoisotopic (exact) mass is 206 g/mol. The van der Waals surface area contributed by atoms with E-state index in [4.69, 9.17) is 10.8 Å². The molecule has 0 atom stereocenters. The van der Waals surface area contributed by atoms with E-state index in [1.807, 2.05) is 0 Å². The standard InChI is InChI=1S/C4H3BrN2O3/c5-4-7-2(6)1(10-4)3(8)9/h6H2,(H,8,9). The highest BCUT2D eigenvalue weighted by molar-refractivity contribution is 9.10. The predicted octanol–water partition coefficient (Wildman–Crippen LogP) is 0.718. The first-order valence-corrected chi connectivity index (χ1v) is 3.05. The molecule has 0 spiro atoms. The van der Waals surface area contributed by atoms with E-state index in [0.717, 1.165) is 0 Å². The lowest BCUT2D eigenvalue weighted by molar-refractivity contribution is 0.0662. The summed E-state index contributed by atoms with van der Waals surface area (Å²) in [6.07, 6.45) is 0. The number of hydrogen-bond donors (Lipinski definition) is 2. The second-order valence-electron chi connectivity index (χ2n) is 1.49. The third kappa shape index (κ3) is 1.10. The molecular weight excluding hydrogens is 204 g/mol. The number of nitrogens with two attached hydrogens (primary N) is 1. The molecule has 1 aromatic heterocycles. The molecule has 1 rings (SSSR count). The Kier molecular flexibility index (Phi) is 1.62. The van der Waals surface area contributed by atoms with Crippen molar-refractivity contribution in [3.8, 4) is 0 Å². The van der Waals surface area contributed by atoms with Gasteiger partial charge >= 0.3 is 5.97 Å². The molecule has 10 heavy (non-hydrogen) atoms. The van der Waals surface area contributed by atoms with Gasteiger partial charge in [-0.1, -0.05) is 0 Å². The summed E-state index contributed by atoms with van der Waals surface area (Å²) in [4.78, 5) is 13.8. The molecule has 0 unspecified atom stereocenters. The molecule has 0 aliphatic heterocycles. The Morgan fingerprint density at radius 2 is 2.40 bits per heavy atom. The first-order valence-electron chi connectivity index (χ1n) is 2.26. The number of halogens is 1. The van der Waals surface area contributed by atoms with Crippen molar-refractivity contribution in [3.63, 3.8) is 0 Å². The molecule has 0 saturated carbocycles. The lowest BCUT2D eigenvalue weighted by Crippen LogP contribution is -1.98. The number of anilines is 1. The minimum atomic E-state index is -1.23. The summed E-state index contributed by atoms with van der Waals surface area (Å²) < 4.78 is 4.56. The Morgan fingerprint density at radius 3 is 2.60 bits per heavy atom. The average Bonchev–Trinajstić information content (AvgIpc) is 2.10. The van der Waals surface area contributed by atoms with Crippen LogP contribution in [0, 0.1) is 0 Å². The van der Waals surface area contributed by atoms with Gasteiger partial charge in [0.25, 0.3) is 10.6 Å². The lowest BCUT2D eigenvalue weighted by Gasteiger charge is -1.83. The number of carboxylic acid groups (broad SMARTS) is 1. The molecule has 0 aromatic carbocycles. The lowest BCUT2D eigenvalue weighted by atomic mass is 10.5. The highest BCUT2D eigenvalue weighted by atomic mass is 79.9. The molecule has 5 nitrogen and oxygen atoms in total. The summed E-state index contributed by atoms with van der Waals surface area (Å²) >= 11 is 2.83. The number of carbonyl (C=O) groups is 1. The third-order valence-electron chi connectivity index (χ3n) is 0.822. The van der Waals surface area contributed by atoms with Gasteiger partial charge in [-0.05, 0) is 0 Å². The zero-order valence-electron chi connectivity index (χ0n) is 4.67. The number of nitrogen functional groups attached to an aromatic ring is 1. The summed E-state index contributed by atoms with van der Waals surface area (Å²) in [6.45, 7) is 0. The number of rotatable bonds is 1. The molecule has 1 aromatic rings.